The van der Waals surface area contributed by atoms with Crippen molar-refractivity contribution in [2.24, 2.45) is 17.8 Å². The number of halogens is 6. The maximum Gasteiger partial charge on any atom is 0.455 e. The van der Waals surface area contributed by atoms with Crippen LogP contribution in [0.3, 0.4) is 0 Å². The van der Waals surface area contributed by atoms with Crippen molar-refractivity contribution in [3.63, 3.8) is 0 Å². The molecule has 0 radical (unpaired) electrons. The van der Waals surface area contributed by atoms with Gasteiger partial charge in [-0.2, -0.15) is 27.1 Å². The number of rotatable bonds is 12. The summed E-state index contributed by atoms with van der Waals surface area (Å²) in [5, 5.41) is 11.1. The minimum Gasteiger partial charge on any atom is -0.349 e. The van der Waals surface area contributed by atoms with Gasteiger partial charge in [-0.1, -0.05) is 6.07 Å². The lowest BCUT2D eigenvalue weighted by atomic mass is 9.88. The highest BCUT2D eigenvalue weighted by Crippen LogP contribution is 2.51. The van der Waals surface area contributed by atoms with Crippen LogP contribution in [-0.4, -0.2) is 52.2 Å². The first-order valence-corrected chi connectivity index (χ1v) is 13.8. The van der Waals surface area contributed by atoms with E-state index in [2.05, 4.69) is 15.7 Å². The summed E-state index contributed by atoms with van der Waals surface area (Å²) < 4.78 is 80.1. The highest BCUT2D eigenvalue weighted by Gasteiger charge is 2.57. The lowest BCUT2D eigenvalue weighted by molar-refractivity contribution is -0.278. The quantitative estimate of drug-likeness (QED) is 0.291. The zero-order chi connectivity index (χ0) is 31.0. The molecule has 1 aromatic heterocycles. The van der Waals surface area contributed by atoms with Gasteiger partial charge < -0.3 is 16.0 Å². The molecule has 1 aromatic carbocycles. The Balaban J connectivity index is 1.48. The van der Waals surface area contributed by atoms with Gasteiger partial charge in [0.1, 0.15) is 17.6 Å². The van der Waals surface area contributed by atoms with Gasteiger partial charge in [-0.05, 0) is 88.0 Å². The molecule has 14 heteroatoms. The van der Waals surface area contributed by atoms with E-state index < -0.39 is 54.1 Å². The summed E-state index contributed by atoms with van der Waals surface area (Å²) in [7, 11) is 0. The molecular weight excluding hydrogens is 568 g/mol. The van der Waals surface area contributed by atoms with Crippen molar-refractivity contribution in [2.75, 3.05) is 11.9 Å². The Morgan fingerprint density at radius 1 is 0.976 bits per heavy atom. The van der Waals surface area contributed by atoms with Crippen molar-refractivity contribution in [2.45, 2.75) is 76.6 Å². The van der Waals surface area contributed by atoms with Gasteiger partial charge in [-0.3, -0.25) is 19.1 Å². The summed E-state index contributed by atoms with van der Waals surface area (Å²) >= 11 is 0. The fourth-order valence-electron chi connectivity index (χ4n) is 5.06. The van der Waals surface area contributed by atoms with Crippen LogP contribution in [0.1, 0.15) is 74.5 Å². The standard InChI is InChI=1S/C28H33F6N5O3/c1-14(2)39-21(10-11-36-39)25(41)38-23(22(16-4-5-16)17-6-7-17)26(42)37-20-9-8-18(12-19(20)29)15(3)24(40)35-13-27(30,31)28(32,33)34/h8-12,14-17,22-23H,4-7,13H2,1-3H3,(H,35,40)(H,37,42)(H,38,41)/t15-,23?/m0/s1. The third-order valence-corrected chi connectivity index (χ3v) is 7.72. The monoisotopic (exact) mass is 601 g/mol. The number of alkyl halides is 5. The van der Waals surface area contributed by atoms with E-state index >= 15 is 4.39 Å². The SMILES string of the molecule is CC(C)n1nccc1C(=O)NC(C(=O)Nc1ccc([C@H](C)C(=O)NCC(F)(F)C(F)(F)F)cc1F)C(C1CC1)C1CC1. The number of hydrogen-bond donors (Lipinski definition) is 3. The second-order valence-electron chi connectivity index (χ2n) is 11.3. The van der Waals surface area contributed by atoms with E-state index in [9.17, 15) is 36.3 Å². The van der Waals surface area contributed by atoms with Crippen molar-refractivity contribution >= 4 is 23.4 Å². The van der Waals surface area contributed by atoms with Crippen LogP contribution in [0.25, 0.3) is 0 Å². The number of nitrogens with one attached hydrogen (secondary N) is 3. The molecule has 0 spiro atoms. The van der Waals surface area contributed by atoms with Crippen LogP contribution in [0, 0.1) is 23.6 Å². The molecule has 42 heavy (non-hydrogen) atoms. The molecule has 0 bridgehead atoms. The van der Waals surface area contributed by atoms with Gasteiger partial charge in [-0.15, -0.1) is 0 Å². The first-order valence-electron chi connectivity index (χ1n) is 13.8. The highest BCUT2D eigenvalue weighted by molar-refractivity contribution is 6.01. The normalized spacial score (nSPS) is 17.2. The molecule has 2 aromatic rings. The second-order valence-corrected chi connectivity index (χ2v) is 11.3. The van der Waals surface area contributed by atoms with Crippen molar-refractivity contribution in [3.8, 4) is 0 Å². The minimum atomic E-state index is -5.83. The second kappa shape index (κ2) is 12.0. The van der Waals surface area contributed by atoms with Gasteiger partial charge in [0.25, 0.3) is 5.91 Å². The average molecular weight is 602 g/mol. The number of benzene rings is 1. The summed E-state index contributed by atoms with van der Waals surface area (Å²) in [5.74, 6) is -9.23. The van der Waals surface area contributed by atoms with E-state index in [1.165, 1.54) is 29.9 Å². The molecule has 3 N–H and O–H groups in total. The van der Waals surface area contributed by atoms with Gasteiger partial charge in [0.15, 0.2) is 0 Å². The third-order valence-electron chi connectivity index (χ3n) is 7.72. The number of nitrogens with zero attached hydrogens (tertiary/aromatic N) is 2. The molecule has 1 unspecified atom stereocenters. The van der Waals surface area contributed by atoms with Crippen LogP contribution < -0.4 is 16.0 Å². The molecule has 8 nitrogen and oxygen atoms in total. The van der Waals surface area contributed by atoms with Gasteiger partial charge in [0.05, 0.1) is 18.2 Å². The summed E-state index contributed by atoms with van der Waals surface area (Å²) in [4.78, 5) is 39.0. The number of carbonyl (C=O) groups is 3. The third kappa shape index (κ3) is 7.06. The summed E-state index contributed by atoms with van der Waals surface area (Å²) in [6.07, 6.45) is -0.666. The molecular formula is C28H33F6N5O3. The smallest absolute Gasteiger partial charge is 0.349 e. The van der Waals surface area contributed by atoms with E-state index in [0.29, 0.717) is 0 Å². The van der Waals surface area contributed by atoms with Crippen LogP contribution in [0.15, 0.2) is 30.5 Å². The molecule has 2 saturated carbocycles. The van der Waals surface area contributed by atoms with E-state index in [4.69, 9.17) is 0 Å². The van der Waals surface area contributed by atoms with Gasteiger partial charge >= 0.3 is 12.1 Å². The topological polar surface area (TPSA) is 105 Å². The molecule has 2 aliphatic rings. The van der Waals surface area contributed by atoms with Crippen LogP contribution >= 0.6 is 0 Å². The van der Waals surface area contributed by atoms with E-state index in [0.717, 1.165) is 31.7 Å². The molecule has 0 aliphatic heterocycles. The fourth-order valence-corrected chi connectivity index (χ4v) is 5.06. The molecule has 2 fully saturated rings. The molecule has 0 saturated heterocycles. The Morgan fingerprint density at radius 3 is 2.12 bits per heavy atom. The number of anilines is 1. The fraction of sp³-hybridized carbons (Fsp3) is 0.571. The number of hydrogen-bond acceptors (Lipinski definition) is 4. The molecule has 3 amide bonds. The number of carbonyl (C=O) groups excluding carboxylic acids is 3. The maximum absolute atomic E-state index is 15.1. The summed E-state index contributed by atoms with van der Waals surface area (Å²) in [6, 6.07) is 3.83. The Kier molecular flexibility index (Phi) is 8.93. The van der Waals surface area contributed by atoms with Crippen LogP contribution in [0.2, 0.25) is 0 Å². The zero-order valence-corrected chi connectivity index (χ0v) is 23.3. The molecule has 4 rings (SSSR count). The lowest BCUT2D eigenvalue weighted by Gasteiger charge is -2.28. The van der Waals surface area contributed by atoms with E-state index in [-0.39, 0.29) is 40.7 Å². The van der Waals surface area contributed by atoms with Gasteiger partial charge in [0.2, 0.25) is 11.8 Å². The minimum absolute atomic E-state index is 0.000962. The largest absolute Gasteiger partial charge is 0.455 e. The van der Waals surface area contributed by atoms with Gasteiger partial charge in [-0.25, -0.2) is 4.39 Å². The molecule has 2 atom stereocenters. The number of amides is 3. The van der Waals surface area contributed by atoms with Crippen LogP contribution in [0.5, 0.6) is 0 Å². The summed E-state index contributed by atoms with van der Waals surface area (Å²) in [5.41, 5.74) is 0.0414. The van der Waals surface area contributed by atoms with E-state index in [1.807, 2.05) is 13.8 Å². The van der Waals surface area contributed by atoms with Crippen molar-refractivity contribution in [3.05, 3.63) is 47.5 Å². The van der Waals surface area contributed by atoms with Crippen molar-refractivity contribution < 1.29 is 40.7 Å². The molecule has 230 valence electrons. The Morgan fingerprint density at radius 2 is 1.60 bits per heavy atom. The molecule has 1 heterocycles. The summed E-state index contributed by atoms with van der Waals surface area (Å²) in [6.45, 7) is 2.99. The zero-order valence-electron chi connectivity index (χ0n) is 23.3. The molecule has 2 aliphatic carbocycles. The highest BCUT2D eigenvalue weighted by atomic mass is 19.4. The van der Waals surface area contributed by atoms with Crippen LogP contribution in [0.4, 0.5) is 32.0 Å². The average Bonchev–Trinajstić information content (AvgIpc) is 3.86. The van der Waals surface area contributed by atoms with E-state index in [1.54, 1.807) is 11.4 Å². The number of aromatic nitrogens is 2. The van der Waals surface area contributed by atoms with Crippen molar-refractivity contribution in [1.82, 2.24) is 20.4 Å². The Bertz CT molecular complexity index is 1310. The predicted molar refractivity (Wildman–Crippen MR) is 140 cm³/mol. The Hall–Kier alpha value is -3.58. The Labute approximate surface area is 238 Å². The predicted octanol–water partition coefficient (Wildman–Crippen LogP) is 5.19. The first kappa shape index (κ1) is 31.4. The van der Waals surface area contributed by atoms with Crippen molar-refractivity contribution in [1.29, 1.82) is 0 Å². The van der Waals surface area contributed by atoms with Crippen LogP contribution in [-0.2, 0) is 9.59 Å². The van der Waals surface area contributed by atoms with Gasteiger partial charge in [0, 0.05) is 12.2 Å². The first-order chi connectivity index (χ1) is 19.6. The lowest BCUT2D eigenvalue weighted by Crippen LogP contribution is -2.50. The maximum atomic E-state index is 15.1.